The molecule has 1 atom stereocenters. The average Bonchev–Trinajstić information content (AvgIpc) is 2.42. The fraction of sp³-hybridized carbons (Fsp3) is 0.625. The van der Waals surface area contributed by atoms with Gasteiger partial charge >= 0.3 is 0 Å². The summed E-state index contributed by atoms with van der Waals surface area (Å²) in [6.45, 7) is 3.12. The van der Waals surface area contributed by atoms with Gasteiger partial charge in [-0.1, -0.05) is 31.9 Å². The number of hydrogen-bond acceptors (Lipinski definition) is 2. The maximum atomic E-state index is 6.01. The molecular weight excluding hydrogens is 222 g/mol. The molecule has 2 heteroatoms. The zero-order valence-electron chi connectivity index (χ0n) is 11.6. The zero-order chi connectivity index (χ0) is 13.0. The third-order valence-electron chi connectivity index (χ3n) is 4.43. The summed E-state index contributed by atoms with van der Waals surface area (Å²) in [5.74, 6) is 3.10. The Morgan fingerprint density at radius 3 is 2.28 bits per heavy atom. The van der Waals surface area contributed by atoms with E-state index in [2.05, 4.69) is 19.1 Å². The van der Waals surface area contributed by atoms with Gasteiger partial charge in [-0.2, -0.15) is 0 Å². The molecule has 2 N–H and O–H groups in total. The Hall–Kier alpha value is -1.02. The van der Waals surface area contributed by atoms with E-state index in [1.165, 1.54) is 31.2 Å². The van der Waals surface area contributed by atoms with Gasteiger partial charge in [-0.3, -0.25) is 0 Å². The predicted molar refractivity (Wildman–Crippen MR) is 75.9 cm³/mol. The van der Waals surface area contributed by atoms with Gasteiger partial charge in [0.15, 0.2) is 0 Å². The normalized spacial score (nSPS) is 25.7. The molecule has 0 spiro atoms. The van der Waals surface area contributed by atoms with E-state index in [9.17, 15) is 0 Å². The number of hydrogen-bond donors (Lipinski definition) is 1. The van der Waals surface area contributed by atoms with Crippen molar-refractivity contribution in [1.29, 1.82) is 0 Å². The van der Waals surface area contributed by atoms with Crippen molar-refractivity contribution >= 4 is 0 Å². The molecule has 0 saturated heterocycles. The zero-order valence-corrected chi connectivity index (χ0v) is 11.6. The Labute approximate surface area is 111 Å². The molecule has 0 radical (unpaired) electrons. The lowest BCUT2D eigenvalue weighted by atomic mass is 9.74. The molecule has 18 heavy (non-hydrogen) atoms. The molecule has 1 fully saturated rings. The number of ether oxygens (including phenoxy) is 1. The number of rotatable bonds is 4. The molecule has 0 bridgehead atoms. The summed E-state index contributed by atoms with van der Waals surface area (Å²) < 4.78 is 5.21. The van der Waals surface area contributed by atoms with E-state index in [0.29, 0.717) is 5.92 Å². The fourth-order valence-electron chi connectivity index (χ4n) is 3.14. The summed E-state index contributed by atoms with van der Waals surface area (Å²) >= 11 is 0. The van der Waals surface area contributed by atoms with Crippen LogP contribution in [0, 0.1) is 11.8 Å². The van der Waals surface area contributed by atoms with Crippen LogP contribution in [0.1, 0.15) is 44.1 Å². The van der Waals surface area contributed by atoms with Crippen molar-refractivity contribution in [3.05, 3.63) is 29.8 Å². The van der Waals surface area contributed by atoms with Gasteiger partial charge in [-0.15, -0.1) is 0 Å². The third-order valence-corrected chi connectivity index (χ3v) is 4.43. The van der Waals surface area contributed by atoms with Gasteiger partial charge in [0, 0.05) is 0 Å². The highest BCUT2D eigenvalue weighted by Gasteiger charge is 2.26. The topological polar surface area (TPSA) is 35.2 Å². The second kappa shape index (κ2) is 6.24. The van der Waals surface area contributed by atoms with E-state index >= 15 is 0 Å². The van der Waals surface area contributed by atoms with Crippen LogP contribution in [-0.2, 0) is 0 Å². The van der Waals surface area contributed by atoms with E-state index in [-0.39, 0.29) is 0 Å². The summed E-state index contributed by atoms with van der Waals surface area (Å²) in [5, 5.41) is 0. The molecule has 1 aromatic rings. The third kappa shape index (κ3) is 3.05. The number of nitrogens with two attached hydrogens (primary N) is 1. The number of benzene rings is 1. The SMILES string of the molecule is COc1ccc(C(CN)C2CCC(C)CC2)cc1. The molecule has 0 aromatic heterocycles. The highest BCUT2D eigenvalue weighted by atomic mass is 16.5. The van der Waals surface area contributed by atoms with Crippen molar-refractivity contribution in [1.82, 2.24) is 0 Å². The van der Waals surface area contributed by atoms with E-state index in [1.54, 1.807) is 7.11 Å². The van der Waals surface area contributed by atoms with Crippen LogP contribution in [0.25, 0.3) is 0 Å². The standard InChI is InChI=1S/C16H25NO/c1-12-3-5-13(6-4-12)16(11-17)14-7-9-15(18-2)10-8-14/h7-10,12-13,16H,3-6,11,17H2,1-2H3. The molecule has 1 aliphatic rings. The Kier molecular flexibility index (Phi) is 4.65. The highest BCUT2D eigenvalue weighted by molar-refractivity contribution is 5.30. The maximum absolute atomic E-state index is 6.01. The number of methoxy groups -OCH3 is 1. The molecule has 0 amide bonds. The molecule has 2 rings (SSSR count). The largest absolute Gasteiger partial charge is 0.497 e. The maximum Gasteiger partial charge on any atom is 0.118 e. The molecule has 1 saturated carbocycles. The van der Waals surface area contributed by atoms with Gasteiger partial charge in [-0.25, -0.2) is 0 Å². The first-order valence-corrected chi connectivity index (χ1v) is 7.08. The molecule has 1 unspecified atom stereocenters. The monoisotopic (exact) mass is 247 g/mol. The van der Waals surface area contributed by atoms with Gasteiger partial charge in [0.05, 0.1) is 7.11 Å². The van der Waals surface area contributed by atoms with Crippen LogP contribution in [0.15, 0.2) is 24.3 Å². The minimum absolute atomic E-state index is 0.517. The Bertz CT molecular complexity index is 352. The lowest BCUT2D eigenvalue weighted by molar-refractivity contribution is 0.256. The molecule has 0 heterocycles. The van der Waals surface area contributed by atoms with Gasteiger partial charge in [0.1, 0.15) is 5.75 Å². The lowest BCUT2D eigenvalue weighted by Gasteiger charge is -2.32. The van der Waals surface area contributed by atoms with Crippen LogP contribution in [0.3, 0.4) is 0 Å². The van der Waals surface area contributed by atoms with E-state index < -0.39 is 0 Å². The van der Waals surface area contributed by atoms with Gasteiger partial charge in [0.25, 0.3) is 0 Å². The summed E-state index contributed by atoms with van der Waals surface area (Å²) in [5.41, 5.74) is 7.38. The van der Waals surface area contributed by atoms with Crippen LogP contribution in [0.5, 0.6) is 5.75 Å². The second-order valence-electron chi connectivity index (χ2n) is 5.64. The van der Waals surface area contributed by atoms with Crippen molar-refractivity contribution in [2.45, 2.75) is 38.5 Å². The van der Waals surface area contributed by atoms with Crippen molar-refractivity contribution in [2.75, 3.05) is 13.7 Å². The van der Waals surface area contributed by atoms with Crippen LogP contribution in [0.4, 0.5) is 0 Å². The average molecular weight is 247 g/mol. The molecule has 100 valence electrons. The second-order valence-corrected chi connectivity index (χ2v) is 5.64. The Morgan fingerprint density at radius 2 is 1.78 bits per heavy atom. The minimum Gasteiger partial charge on any atom is -0.497 e. The van der Waals surface area contributed by atoms with Crippen LogP contribution in [0.2, 0.25) is 0 Å². The molecular formula is C16H25NO. The molecule has 1 aliphatic carbocycles. The fourth-order valence-corrected chi connectivity index (χ4v) is 3.14. The van der Waals surface area contributed by atoms with E-state index in [4.69, 9.17) is 10.5 Å². The molecule has 0 aliphatic heterocycles. The van der Waals surface area contributed by atoms with Crippen molar-refractivity contribution in [3.8, 4) is 5.75 Å². The van der Waals surface area contributed by atoms with E-state index in [0.717, 1.165) is 24.1 Å². The Morgan fingerprint density at radius 1 is 1.17 bits per heavy atom. The smallest absolute Gasteiger partial charge is 0.118 e. The van der Waals surface area contributed by atoms with Crippen LogP contribution >= 0.6 is 0 Å². The van der Waals surface area contributed by atoms with Gasteiger partial charge in [-0.05, 0) is 54.8 Å². The summed E-state index contributed by atoms with van der Waals surface area (Å²) in [4.78, 5) is 0. The highest BCUT2D eigenvalue weighted by Crippen LogP contribution is 2.37. The first-order chi connectivity index (χ1) is 8.74. The van der Waals surface area contributed by atoms with Gasteiger partial charge < -0.3 is 10.5 Å². The van der Waals surface area contributed by atoms with Crippen molar-refractivity contribution < 1.29 is 4.74 Å². The van der Waals surface area contributed by atoms with Crippen LogP contribution < -0.4 is 10.5 Å². The Balaban J connectivity index is 2.07. The van der Waals surface area contributed by atoms with E-state index in [1.807, 2.05) is 12.1 Å². The predicted octanol–water partition coefficient (Wildman–Crippen LogP) is 3.56. The summed E-state index contributed by atoms with van der Waals surface area (Å²) in [7, 11) is 1.71. The summed E-state index contributed by atoms with van der Waals surface area (Å²) in [6.07, 6.45) is 5.37. The molecule has 2 nitrogen and oxygen atoms in total. The quantitative estimate of drug-likeness (QED) is 0.883. The minimum atomic E-state index is 0.517. The summed E-state index contributed by atoms with van der Waals surface area (Å²) in [6, 6.07) is 8.44. The van der Waals surface area contributed by atoms with Crippen molar-refractivity contribution in [3.63, 3.8) is 0 Å². The van der Waals surface area contributed by atoms with Crippen molar-refractivity contribution in [2.24, 2.45) is 17.6 Å². The van der Waals surface area contributed by atoms with Crippen LogP contribution in [-0.4, -0.2) is 13.7 Å². The lowest BCUT2D eigenvalue weighted by Crippen LogP contribution is -2.25. The first-order valence-electron chi connectivity index (χ1n) is 7.08. The first kappa shape index (κ1) is 13.4. The molecule has 1 aromatic carbocycles. The van der Waals surface area contributed by atoms with Gasteiger partial charge in [0.2, 0.25) is 0 Å².